The van der Waals surface area contributed by atoms with Crippen molar-refractivity contribution in [3.8, 4) is 0 Å². The highest BCUT2D eigenvalue weighted by atomic mass is 14.5. The first kappa shape index (κ1) is 6.14. The molecule has 0 aliphatic heterocycles. The van der Waals surface area contributed by atoms with E-state index in [4.69, 9.17) is 5.73 Å². The zero-order valence-electron chi connectivity index (χ0n) is 5.52. The second-order valence-electron chi connectivity index (χ2n) is 1.98. The van der Waals surface area contributed by atoms with E-state index >= 15 is 0 Å². The largest absolute Gasteiger partial charge is 0.399 e. The van der Waals surface area contributed by atoms with Crippen LogP contribution in [0.25, 0.3) is 0 Å². The molecule has 47 valence electrons. The Hall–Kier alpha value is -0.980. The van der Waals surface area contributed by atoms with Crippen LogP contribution in [-0.2, 0) is 6.42 Å². The molecule has 1 heteroatoms. The highest BCUT2D eigenvalue weighted by Crippen LogP contribution is 2.09. The van der Waals surface area contributed by atoms with Crippen molar-refractivity contribution >= 4 is 5.69 Å². The molecular formula is C8H10N. The Morgan fingerprint density at radius 1 is 1.67 bits per heavy atom. The van der Waals surface area contributed by atoms with Gasteiger partial charge in [0.15, 0.2) is 0 Å². The van der Waals surface area contributed by atoms with Crippen LogP contribution in [-0.4, -0.2) is 0 Å². The Morgan fingerprint density at radius 2 is 2.44 bits per heavy atom. The van der Waals surface area contributed by atoms with Crippen LogP contribution < -0.4 is 5.73 Å². The molecule has 0 atom stereocenters. The van der Waals surface area contributed by atoms with E-state index in [9.17, 15) is 0 Å². The van der Waals surface area contributed by atoms with Gasteiger partial charge >= 0.3 is 0 Å². The fourth-order valence-electron chi connectivity index (χ4n) is 0.783. The third-order valence-electron chi connectivity index (χ3n) is 1.37. The molecule has 1 aromatic rings. The van der Waals surface area contributed by atoms with E-state index in [1.54, 1.807) is 0 Å². The van der Waals surface area contributed by atoms with Crippen LogP contribution in [0.2, 0.25) is 0 Å². The maximum absolute atomic E-state index is 5.61. The molecule has 1 nitrogen and oxygen atoms in total. The third kappa shape index (κ3) is 1.22. The minimum absolute atomic E-state index is 0.872. The number of rotatable bonds is 1. The SMILES string of the molecule is CCc1c[c]ccc1N. The topological polar surface area (TPSA) is 26.0 Å². The van der Waals surface area contributed by atoms with Gasteiger partial charge in [-0.15, -0.1) is 0 Å². The quantitative estimate of drug-likeness (QED) is 0.560. The standard InChI is InChI=1S/C8H10N/c1-2-7-5-3-4-6-8(7)9/h4-6H,2,9H2,1H3. The Kier molecular flexibility index (Phi) is 1.73. The van der Waals surface area contributed by atoms with E-state index in [0.29, 0.717) is 0 Å². The number of anilines is 1. The second-order valence-corrected chi connectivity index (χ2v) is 1.98. The summed E-state index contributed by atoms with van der Waals surface area (Å²) in [4.78, 5) is 0. The average molecular weight is 120 g/mol. The molecule has 9 heavy (non-hydrogen) atoms. The van der Waals surface area contributed by atoms with E-state index in [-0.39, 0.29) is 0 Å². The van der Waals surface area contributed by atoms with Crippen LogP contribution in [0.1, 0.15) is 12.5 Å². The van der Waals surface area contributed by atoms with Crippen LogP contribution in [0, 0.1) is 6.07 Å². The predicted molar refractivity (Wildman–Crippen MR) is 39.1 cm³/mol. The summed E-state index contributed by atoms with van der Waals surface area (Å²) < 4.78 is 0. The van der Waals surface area contributed by atoms with Crippen molar-refractivity contribution in [2.24, 2.45) is 0 Å². The molecule has 0 unspecified atom stereocenters. The number of hydrogen-bond acceptors (Lipinski definition) is 1. The summed E-state index contributed by atoms with van der Waals surface area (Å²) in [5.74, 6) is 0. The number of hydrogen-bond donors (Lipinski definition) is 1. The molecule has 1 radical (unpaired) electrons. The zero-order chi connectivity index (χ0) is 6.69. The first-order valence-corrected chi connectivity index (χ1v) is 3.09. The molecule has 0 amide bonds. The van der Waals surface area contributed by atoms with E-state index in [1.165, 1.54) is 5.56 Å². The molecule has 1 rings (SSSR count). The van der Waals surface area contributed by atoms with Gasteiger partial charge in [-0.1, -0.05) is 13.0 Å². The number of nitrogen functional groups attached to an aromatic ring is 1. The predicted octanol–water partition coefficient (Wildman–Crippen LogP) is 1.63. The van der Waals surface area contributed by atoms with Gasteiger partial charge in [0, 0.05) is 5.69 Å². The van der Waals surface area contributed by atoms with Gasteiger partial charge in [-0.25, -0.2) is 0 Å². The fourth-order valence-corrected chi connectivity index (χ4v) is 0.783. The van der Waals surface area contributed by atoms with E-state index in [2.05, 4.69) is 13.0 Å². The Balaban J connectivity index is 3.01. The van der Waals surface area contributed by atoms with Crippen LogP contribution in [0.3, 0.4) is 0 Å². The van der Waals surface area contributed by atoms with Crippen LogP contribution >= 0.6 is 0 Å². The van der Waals surface area contributed by atoms with E-state index in [1.807, 2.05) is 18.2 Å². The minimum atomic E-state index is 0.872. The molecule has 0 aliphatic rings. The molecule has 0 aliphatic carbocycles. The third-order valence-corrected chi connectivity index (χ3v) is 1.37. The molecule has 0 fully saturated rings. The molecule has 0 bridgehead atoms. The summed E-state index contributed by atoms with van der Waals surface area (Å²) in [7, 11) is 0. The van der Waals surface area contributed by atoms with Gasteiger partial charge in [-0.2, -0.15) is 0 Å². The summed E-state index contributed by atoms with van der Waals surface area (Å²) in [5, 5.41) is 0. The average Bonchev–Trinajstić information content (AvgIpc) is 1.89. The van der Waals surface area contributed by atoms with Crippen LogP contribution in [0.5, 0.6) is 0 Å². The second kappa shape index (κ2) is 2.53. The van der Waals surface area contributed by atoms with Gasteiger partial charge in [0.2, 0.25) is 0 Å². The summed E-state index contributed by atoms with van der Waals surface area (Å²) in [6.45, 7) is 2.08. The summed E-state index contributed by atoms with van der Waals surface area (Å²) in [5.41, 5.74) is 7.66. The van der Waals surface area contributed by atoms with Crippen molar-refractivity contribution in [2.75, 3.05) is 5.73 Å². The summed E-state index contributed by atoms with van der Waals surface area (Å²) in [6.07, 6.45) is 0.989. The van der Waals surface area contributed by atoms with Crippen molar-refractivity contribution in [3.63, 3.8) is 0 Å². The van der Waals surface area contributed by atoms with Crippen molar-refractivity contribution in [3.05, 3.63) is 29.8 Å². The lowest BCUT2D eigenvalue weighted by atomic mass is 10.1. The fraction of sp³-hybridized carbons (Fsp3) is 0.250. The zero-order valence-corrected chi connectivity index (χ0v) is 5.52. The monoisotopic (exact) mass is 120 g/mol. The van der Waals surface area contributed by atoms with E-state index < -0.39 is 0 Å². The number of nitrogens with two attached hydrogens (primary N) is 1. The van der Waals surface area contributed by atoms with Crippen molar-refractivity contribution in [2.45, 2.75) is 13.3 Å². The maximum atomic E-state index is 5.61. The molecular weight excluding hydrogens is 110 g/mol. The number of benzene rings is 1. The molecule has 0 saturated heterocycles. The smallest absolute Gasteiger partial charge is 0.0346 e. The Morgan fingerprint density at radius 3 is 2.89 bits per heavy atom. The molecule has 0 heterocycles. The van der Waals surface area contributed by atoms with Gasteiger partial charge < -0.3 is 5.73 Å². The molecule has 2 N–H and O–H groups in total. The lowest BCUT2D eigenvalue weighted by Gasteiger charge is -1.98. The molecule has 1 aromatic carbocycles. The Bertz CT molecular complexity index is 194. The van der Waals surface area contributed by atoms with Gasteiger partial charge in [-0.05, 0) is 30.2 Å². The first-order valence-electron chi connectivity index (χ1n) is 3.09. The van der Waals surface area contributed by atoms with Gasteiger partial charge in [-0.3, -0.25) is 0 Å². The summed E-state index contributed by atoms with van der Waals surface area (Å²) >= 11 is 0. The molecule has 0 saturated carbocycles. The van der Waals surface area contributed by atoms with Gasteiger partial charge in [0.1, 0.15) is 0 Å². The van der Waals surface area contributed by atoms with Crippen molar-refractivity contribution in [1.29, 1.82) is 0 Å². The molecule has 0 spiro atoms. The lowest BCUT2D eigenvalue weighted by molar-refractivity contribution is 1.14. The Labute approximate surface area is 55.5 Å². The highest BCUT2D eigenvalue weighted by Gasteiger charge is 1.90. The van der Waals surface area contributed by atoms with Crippen LogP contribution in [0.15, 0.2) is 18.2 Å². The van der Waals surface area contributed by atoms with Crippen molar-refractivity contribution in [1.82, 2.24) is 0 Å². The van der Waals surface area contributed by atoms with Crippen LogP contribution in [0.4, 0.5) is 5.69 Å². The number of aryl methyl sites for hydroxylation is 1. The van der Waals surface area contributed by atoms with E-state index in [0.717, 1.165) is 12.1 Å². The minimum Gasteiger partial charge on any atom is -0.399 e. The highest BCUT2D eigenvalue weighted by molar-refractivity contribution is 5.45. The normalized spacial score (nSPS) is 9.44. The van der Waals surface area contributed by atoms with Gasteiger partial charge in [0.05, 0.1) is 0 Å². The lowest BCUT2D eigenvalue weighted by Crippen LogP contribution is -1.90. The molecule has 0 aromatic heterocycles. The van der Waals surface area contributed by atoms with Crippen molar-refractivity contribution < 1.29 is 0 Å². The summed E-state index contributed by atoms with van der Waals surface area (Å²) in [6, 6.07) is 8.60. The first-order chi connectivity index (χ1) is 4.34. The maximum Gasteiger partial charge on any atom is 0.0346 e. The van der Waals surface area contributed by atoms with Gasteiger partial charge in [0.25, 0.3) is 0 Å².